The van der Waals surface area contributed by atoms with E-state index in [2.05, 4.69) is 0 Å². The maximum atomic E-state index is 13.0. The Labute approximate surface area is 182 Å². The number of ketones is 1. The number of anilines is 1. The van der Waals surface area contributed by atoms with Crippen molar-refractivity contribution in [3.8, 4) is 0 Å². The molecule has 0 saturated carbocycles. The molecule has 1 N–H and O–H groups in total. The summed E-state index contributed by atoms with van der Waals surface area (Å²) < 4.78 is 0. The summed E-state index contributed by atoms with van der Waals surface area (Å²) in [6.45, 7) is 0. The second kappa shape index (κ2) is 8.04. The van der Waals surface area contributed by atoms with Gasteiger partial charge < -0.3 is 5.11 Å². The Bertz CT molecular complexity index is 1220. The smallest absolute Gasteiger partial charge is 0.300 e. The van der Waals surface area contributed by atoms with Crippen molar-refractivity contribution in [3.05, 3.63) is 111 Å². The van der Waals surface area contributed by atoms with Gasteiger partial charge in [0.2, 0.25) is 0 Å². The van der Waals surface area contributed by atoms with Crippen LogP contribution in [0.5, 0.6) is 0 Å². The second-order valence-electron chi connectivity index (χ2n) is 6.86. The first kappa shape index (κ1) is 20.3. The molecule has 1 aliphatic rings. The molecule has 0 aromatic heterocycles. The summed E-state index contributed by atoms with van der Waals surface area (Å²) >= 11 is 6.00. The minimum Gasteiger partial charge on any atom is -0.507 e. The SMILES string of the molecule is O=C1C(=O)N(c2cccc([N+](=O)[O-])c2)[C@H](c2ccc(Cl)cc2)/C1=C(\O)c1ccccc1. The largest absolute Gasteiger partial charge is 0.507 e. The fourth-order valence-corrected chi connectivity index (χ4v) is 3.69. The first-order chi connectivity index (χ1) is 14.9. The lowest BCUT2D eigenvalue weighted by atomic mass is 9.95. The molecule has 1 atom stereocenters. The van der Waals surface area contributed by atoms with Gasteiger partial charge in [0.15, 0.2) is 0 Å². The van der Waals surface area contributed by atoms with Gasteiger partial charge in [-0.05, 0) is 23.8 Å². The van der Waals surface area contributed by atoms with Crippen molar-refractivity contribution in [2.24, 2.45) is 0 Å². The quantitative estimate of drug-likeness (QED) is 0.207. The third kappa shape index (κ3) is 3.67. The molecule has 0 unspecified atom stereocenters. The number of aliphatic hydroxyl groups excluding tert-OH is 1. The highest BCUT2D eigenvalue weighted by molar-refractivity contribution is 6.51. The summed E-state index contributed by atoms with van der Waals surface area (Å²) in [5.41, 5.74) is 0.733. The van der Waals surface area contributed by atoms with Crippen molar-refractivity contribution in [1.82, 2.24) is 0 Å². The third-order valence-corrected chi connectivity index (χ3v) is 5.25. The predicted molar refractivity (Wildman–Crippen MR) is 116 cm³/mol. The standard InChI is InChI=1S/C23H15ClN2O5/c24-16-11-9-14(10-12-16)20-19(21(27)15-5-2-1-3-6-15)22(28)23(29)25(20)17-7-4-8-18(13-17)26(30)31/h1-13,20,27H/b21-19+/t20-/m1/s1. The maximum Gasteiger partial charge on any atom is 0.300 e. The summed E-state index contributed by atoms with van der Waals surface area (Å²) in [7, 11) is 0. The van der Waals surface area contributed by atoms with E-state index in [4.69, 9.17) is 11.6 Å². The molecule has 1 fully saturated rings. The lowest BCUT2D eigenvalue weighted by Gasteiger charge is -2.25. The van der Waals surface area contributed by atoms with E-state index in [1.807, 2.05) is 0 Å². The molecule has 4 rings (SSSR count). The lowest BCUT2D eigenvalue weighted by molar-refractivity contribution is -0.384. The summed E-state index contributed by atoms with van der Waals surface area (Å²) in [6.07, 6.45) is 0. The fraction of sp³-hybridized carbons (Fsp3) is 0.0435. The van der Waals surface area contributed by atoms with E-state index < -0.39 is 22.7 Å². The molecule has 0 spiro atoms. The number of aliphatic hydroxyl groups is 1. The molecule has 31 heavy (non-hydrogen) atoms. The Kier molecular flexibility index (Phi) is 5.27. The molecule has 3 aromatic carbocycles. The van der Waals surface area contributed by atoms with Gasteiger partial charge in [0.05, 0.1) is 22.2 Å². The molecule has 1 heterocycles. The molecule has 7 nitrogen and oxygen atoms in total. The second-order valence-corrected chi connectivity index (χ2v) is 7.30. The molecular formula is C23H15ClN2O5. The van der Waals surface area contributed by atoms with E-state index in [0.29, 0.717) is 16.1 Å². The van der Waals surface area contributed by atoms with Crippen molar-refractivity contribution in [2.45, 2.75) is 6.04 Å². The van der Waals surface area contributed by atoms with Gasteiger partial charge in [0.25, 0.3) is 17.4 Å². The van der Waals surface area contributed by atoms with Gasteiger partial charge in [-0.2, -0.15) is 0 Å². The number of nitro benzene ring substituents is 1. The minimum absolute atomic E-state index is 0.106. The Morgan fingerprint density at radius 1 is 0.968 bits per heavy atom. The van der Waals surface area contributed by atoms with E-state index in [1.165, 1.54) is 24.3 Å². The van der Waals surface area contributed by atoms with Gasteiger partial charge in [-0.1, -0.05) is 60.1 Å². The number of benzene rings is 3. The van der Waals surface area contributed by atoms with Gasteiger partial charge in [0.1, 0.15) is 5.76 Å². The Hall–Kier alpha value is -3.97. The Morgan fingerprint density at radius 3 is 2.29 bits per heavy atom. The molecule has 0 radical (unpaired) electrons. The number of hydrogen-bond acceptors (Lipinski definition) is 5. The number of carbonyl (C=O) groups excluding carboxylic acids is 2. The normalized spacial score (nSPS) is 17.7. The van der Waals surface area contributed by atoms with E-state index in [0.717, 1.165) is 4.90 Å². The van der Waals surface area contributed by atoms with Crippen LogP contribution >= 0.6 is 11.6 Å². The summed E-state index contributed by atoms with van der Waals surface area (Å²) in [5, 5.41) is 22.6. The van der Waals surface area contributed by atoms with Gasteiger partial charge in [-0.3, -0.25) is 24.6 Å². The van der Waals surface area contributed by atoms with Gasteiger partial charge in [0, 0.05) is 22.7 Å². The Morgan fingerprint density at radius 2 is 1.65 bits per heavy atom. The van der Waals surface area contributed by atoms with Crippen molar-refractivity contribution < 1.29 is 19.6 Å². The Balaban J connectivity index is 1.95. The number of hydrogen-bond donors (Lipinski definition) is 1. The van der Waals surface area contributed by atoms with Crippen molar-refractivity contribution in [2.75, 3.05) is 4.90 Å². The minimum atomic E-state index is -0.987. The van der Waals surface area contributed by atoms with Crippen LogP contribution in [0.1, 0.15) is 17.2 Å². The molecular weight excluding hydrogens is 420 g/mol. The van der Waals surface area contributed by atoms with Crippen LogP contribution in [0.4, 0.5) is 11.4 Å². The molecule has 1 amide bonds. The van der Waals surface area contributed by atoms with Crippen LogP contribution < -0.4 is 4.90 Å². The number of rotatable bonds is 4. The van der Waals surface area contributed by atoms with Crippen molar-refractivity contribution in [1.29, 1.82) is 0 Å². The number of carbonyl (C=O) groups is 2. The number of nitro groups is 1. The van der Waals surface area contributed by atoms with Crippen LogP contribution in [0.2, 0.25) is 5.02 Å². The van der Waals surface area contributed by atoms with Crippen LogP contribution in [0.3, 0.4) is 0 Å². The first-order valence-corrected chi connectivity index (χ1v) is 9.62. The average molecular weight is 435 g/mol. The highest BCUT2D eigenvalue weighted by Gasteiger charge is 2.47. The van der Waals surface area contributed by atoms with Crippen LogP contribution in [-0.2, 0) is 9.59 Å². The molecule has 0 aliphatic carbocycles. The van der Waals surface area contributed by atoms with Crippen molar-refractivity contribution >= 4 is 40.4 Å². The van der Waals surface area contributed by atoms with Gasteiger partial charge in [-0.25, -0.2) is 0 Å². The van der Waals surface area contributed by atoms with Crippen LogP contribution in [0, 0.1) is 10.1 Å². The maximum absolute atomic E-state index is 13.0. The zero-order chi connectivity index (χ0) is 22.1. The highest BCUT2D eigenvalue weighted by atomic mass is 35.5. The predicted octanol–water partition coefficient (Wildman–Crippen LogP) is 4.87. The summed E-state index contributed by atoms with van der Waals surface area (Å²) in [4.78, 5) is 37.8. The summed E-state index contributed by atoms with van der Waals surface area (Å²) in [6, 6.07) is 19.3. The molecule has 1 aliphatic heterocycles. The third-order valence-electron chi connectivity index (χ3n) is 5.00. The molecule has 0 bridgehead atoms. The highest BCUT2D eigenvalue weighted by Crippen LogP contribution is 2.42. The number of amides is 1. The molecule has 8 heteroatoms. The van der Waals surface area contributed by atoms with Crippen LogP contribution in [0.15, 0.2) is 84.4 Å². The van der Waals surface area contributed by atoms with Gasteiger partial charge in [-0.15, -0.1) is 0 Å². The van der Waals surface area contributed by atoms with E-state index >= 15 is 0 Å². The topological polar surface area (TPSA) is 101 Å². The van der Waals surface area contributed by atoms with Crippen LogP contribution in [0.25, 0.3) is 5.76 Å². The monoisotopic (exact) mass is 434 g/mol. The molecule has 154 valence electrons. The van der Waals surface area contributed by atoms with Crippen LogP contribution in [-0.4, -0.2) is 21.7 Å². The zero-order valence-electron chi connectivity index (χ0n) is 15.9. The van der Waals surface area contributed by atoms with E-state index in [-0.39, 0.29) is 22.7 Å². The zero-order valence-corrected chi connectivity index (χ0v) is 16.7. The summed E-state index contributed by atoms with van der Waals surface area (Å²) in [5.74, 6) is -2.10. The number of Topliss-reactive ketones (excluding diaryl/α,β-unsaturated/α-hetero) is 1. The fourth-order valence-electron chi connectivity index (χ4n) is 3.57. The molecule has 3 aromatic rings. The average Bonchev–Trinajstić information content (AvgIpc) is 3.05. The number of nitrogens with zero attached hydrogens (tertiary/aromatic N) is 2. The number of halogens is 1. The van der Waals surface area contributed by atoms with Gasteiger partial charge >= 0.3 is 0 Å². The molecule has 1 saturated heterocycles. The van der Waals surface area contributed by atoms with Crippen molar-refractivity contribution in [3.63, 3.8) is 0 Å². The van der Waals surface area contributed by atoms with E-state index in [1.54, 1.807) is 54.6 Å². The first-order valence-electron chi connectivity index (χ1n) is 9.25. The van der Waals surface area contributed by atoms with E-state index in [9.17, 15) is 24.8 Å². The lowest BCUT2D eigenvalue weighted by Crippen LogP contribution is -2.29. The number of non-ortho nitro benzene ring substituents is 1.